The van der Waals surface area contributed by atoms with Crippen LogP contribution in [-0.4, -0.2) is 20.4 Å². The van der Waals surface area contributed by atoms with Crippen molar-refractivity contribution in [3.63, 3.8) is 0 Å². The van der Waals surface area contributed by atoms with E-state index < -0.39 is 5.92 Å². The molecule has 0 spiro atoms. The molecular formula is C24H19N3O3S2. The minimum Gasteiger partial charge on any atom is -0.442 e. The standard InChI is InChI=1S/C24H19N3O3S2/c1-24(2)11-14(28)17-15(12-24)30-20-19(18(17)16-9-6-10-31-16)22(29)27-23(25-20)32-21(26-27)13-7-4-3-5-8-13/h3-10,18H,11-12H2,1-2H3. The van der Waals surface area contributed by atoms with E-state index in [9.17, 15) is 9.59 Å². The van der Waals surface area contributed by atoms with E-state index >= 15 is 0 Å². The topological polar surface area (TPSA) is 73.6 Å². The number of benzene rings is 1. The number of carbonyl (C=O) groups excluding carboxylic acids is 1. The van der Waals surface area contributed by atoms with Gasteiger partial charge in [0.1, 0.15) is 10.8 Å². The molecule has 160 valence electrons. The molecule has 0 bridgehead atoms. The molecule has 0 N–H and O–H groups in total. The quantitative estimate of drug-likeness (QED) is 0.418. The Hall–Kier alpha value is -3.10. The van der Waals surface area contributed by atoms with Crippen molar-refractivity contribution in [3.05, 3.63) is 80.0 Å². The van der Waals surface area contributed by atoms with E-state index in [0.29, 0.717) is 45.6 Å². The summed E-state index contributed by atoms with van der Waals surface area (Å²) in [7, 11) is 0. The zero-order valence-corrected chi connectivity index (χ0v) is 19.1. The Morgan fingerprint density at radius 1 is 1.09 bits per heavy atom. The van der Waals surface area contributed by atoms with Crippen molar-refractivity contribution >= 4 is 33.4 Å². The number of hydrogen-bond acceptors (Lipinski definition) is 7. The molecule has 0 radical (unpaired) electrons. The molecule has 32 heavy (non-hydrogen) atoms. The first-order chi connectivity index (χ1) is 15.4. The van der Waals surface area contributed by atoms with Gasteiger partial charge in [0, 0.05) is 28.9 Å². The van der Waals surface area contributed by atoms with Crippen molar-refractivity contribution in [2.24, 2.45) is 5.41 Å². The lowest BCUT2D eigenvalue weighted by Gasteiger charge is -2.36. The molecule has 4 heterocycles. The first-order valence-electron chi connectivity index (χ1n) is 10.4. The number of thiophene rings is 1. The van der Waals surface area contributed by atoms with Crippen molar-refractivity contribution in [1.82, 2.24) is 14.6 Å². The highest BCUT2D eigenvalue weighted by atomic mass is 32.1. The number of hydrogen-bond donors (Lipinski definition) is 0. The maximum Gasteiger partial charge on any atom is 0.283 e. The summed E-state index contributed by atoms with van der Waals surface area (Å²) in [5, 5.41) is 7.23. The van der Waals surface area contributed by atoms with Crippen molar-refractivity contribution in [1.29, 1.82) is 0 Å². The Morgan fingerprint density at radius 3 is 2.66 bits per heavy atom. The average Bonchev–Trinajstić information content (AvgIpc) is 3.42. The summed E-state index contributed by atoms with van der Waals surface area (Å²) >= 11 is 2.88. The number of ether oxygens (including phenoxy) is 1. The van der Waals surface area contributed by atoms with Crippen molar-refractivity contribution < 1.29 is 9.53 Å². The molecule has 1 atom stereocenters. The number of fused-ring (bicyclic) bond motifs is 2. The third-order valence-corrected chi connectivity index (χ3v) is 7.83. The molecule has 1 aliphatic heterocycles. The number of aromatic nitrogens is 3. The van der Waals surface area contributed by atoms with Crippen molar-refractivity contribution in [2.45, 2.75) is 32.6 Å². The van der Waals surface area contributed by atoms with Crippen LogP contribution in [0.2, 0.25) is 0 Å². The van der Waals surface area contributed by atoms with Crippen molar-refractivity contribution in [3.8, 4) is 16.5 Å². The van der Waals surface area contributed by atoms with E-state index in [1.54, 1.807) is 0 Å². The van der Waals surface area contributed by atoms with Gasteiger partial charge in [-0.25, -0.2) is 0 Å². The lowest BCUT2D eigenvalue weighted by Crippen LogP contribution is -2.36. The molecule has 1 aromatic carbocycles. The predicted octanol–water partition coefficient (Wildman–Crippen LogP) is 5.05. The molecule has 8 heteroatoms. The first-order valence-corrected chi connectivity index (χ1v) is 12.1. The average molecular weight is 462 g/mol. The fourth-order valence-corrected chi connectivity index (χ4v) is 6.28. The van der Waals surface area contributed by atoms with E-state index in [-0.39, 0.29) is 16.8 Å². The molecule has 6 nitrogen and oxygen atoms in total. The van der Waals surface area contributed by atoms with Crippen LogP contribution in [0.4, 0.5) is 0 Å². The number of carbonyl (C=O) groups is 1. The molecule has 0 saturated heterocycles. The lowest BCUT2D eigenvalue weighted by atomic mass is 9.71. The maximum absolute atomic E-state index is 13.7. The fourth-order valence-electron chi connectivity index (χ4n) is 4.55. The van der Waals surface area contributed by atoms with Crippen LogP contribution in [0.25, 0.3) is 15.5 Å². The van der Waals surface area contributed by atoms with Crippen LogP contribution in [0.1, 0.15) is 43.0 Å². The predicted molar refractivity (Wildman–Crippen MR) is 124 cm³/mol. The van der Waals surface area contributed by atoms with Gasteiger partial charge in [-0.15, -0.1) is 11.3 Å². The second kappa shape index (κ2) is 6.95. The molecule has 2 aliphatic rings. The van der Waals surface area contributed by atoms with Crippen LogP contribution in [0, 0.1) is 5.41 Å². The summed E-state index contributed by atoms with van der Waals surface area (Å²) in [6, 6.07) is 13.6. The number of Topliss-reactive ketones (excluding diaryl/α,β-unsaturated/α-hetero) is 1. The van der Waals surface area contributed by atoms with Gasteiger partial charge in [0.15, 0.2) is 5.78 Å². The second-order valence-electron chi connectivity index (χ2n) is 8.93. The van der Waals surface area contributed by atoms with Crippen LogP contribution in [0.5, 0.6) is 5.88 Å². The number of rotatable bonds is 2. The van der Waals surface area contributed by atoms with E-state index in [1.165, 1.54) is 27.2 Å². The number of allylic oxidation sites excluding steroid dienone is 2. The largest absolute Gasteiger partial charge is 0.442 e. The smallest absolute Gasteiger partial charge is 0.283 e. The molecule has 0 saturated carbocycles. The third kappa shape index (κ3) is 2.97. The summed E-state index contributed by atoms with van der Waals surface area (Å²) < 4.78 is 7.54. The van der Waals surface area contributed by atoms with E-state index in [2.05, 4.69) is 18.9 Å². The van der Waals surface area contributed by atoms with E-state index in [4.69, 9.17) is 9.72 Å². The van der Waals surface area contributed by atoms with Gasteiger partial charge in [-0.2, -0.15) is 14.6 Å². The Balaban J connectivity index is 1.60. The Labute approximate surface area is 191 Å². The highest BCUT2D eigenvalue weighted by Gasteiger charge is 2.44. The van der Waals surface area contributed by atoms with E-state index in [1.807, 2.05) is 47.8 Å². The molecule has 0 amide bonds. The van der Waals surface area contributed by atoms with Gasteiger partial charge in [0.05, 0.1) is 11.5 Å². The van der Waals surface area contributed by atoms with Crippen LogP contribution < -0.4 is 10.3 Å². The van der Waals surface area contributed by atoms with Gasteiger partial charge in [0.25, 0.3) is 5.56 Å². The second-order valence-corrected chi connectivity index (χ2v) is 10.9. The molecule has 1 aliphatic carbocycles. The lowest BCUT2D eigenvalue weighted by molar-refractivity contribution is -0.118. The Bertz CT molecular complexity index is 1460. The third-order valence-electron chi connectivity index (χ3n) is 5.94. The minimum atomic E-state index is -0.476. The van der Waals surface area contributed by atoms with Crippen LogP contribution in [0.15, 0.2) is 64.0 Å². The monoisotopic (exact) mass is 461 g/mol. The molecule has 1 unspecified atom stereocenters. The molecule has 0 fully saturated rings. The van der Waals surface area contributed by atoms with Crippen molar-refractivity contribution in [2.75, 3.05) is 0 Å². The van der Waals surface area contributed by atoms with Gasteiger partial charge < -0.3 is 4.74 Å². The van der Waals surface area contributed by atoms with E-state index in [0.717, 1.165) is 10.4 Å². The summed E-state index contributed by atoms with van der Waals surface area (Å²) in [6.07, 6.45) is 1.06. The number of ketones is 1. The zero-order valence-electron chi connectivity index (χ0n) is 17.5. The zero-order chi connectivity index (χ0) is 22.0. The minimum absolute atomic E-state index is 0.0352. The number of nitrogens with zero attached hydrogens (tertiary/aromatic N) is 3. The molecule has 4 aromatic rings. The fraction of sp³-hybridized carbons (Fsp3) is 0.250. The van der Waals surface area contributed by atoms with Gasteiger partial charge in [-0.3, -0.25) is 9.59 Å². The highest BCUT2D eigenvalue weighted by molar-refractivity contribution is 7.19. The first kappa shape index (κ1) is 19.6. The summed E-state index contributed by atoms with van der Waals surface area (Å²) in [5.74, 6) is 0.492. The summed E-state index contributed by atoms with van der Waals surface area (Å²) in [6.45, 7) is 4.13. The van der Waals surface area contributed by atoms with Gasteiger partial charge >= 0.3 is 0 Å². The van der Waals surface area contributed by atoms with Crippen LogP contribution >= 0.6 is 22.7 Å². The summed E-state index contributed by atoms with van der Waals surface area (Å²) in [4.78, 5) is 33.1. The van der Waals surface area contributed by atoms with Gasteiger partial charge in [0.2, 0.25) is 10.8 Å². The SMILES string of the molecule is CC1(C)CC(=O)C2=C(C1)Oc1nc3sc(-c4ccccc4)nn3c(=O)c1C2c1cccs1. The Morgan fingerprint density at radius 2 is 1.91 bits per heavy atom. The molecular weight excluding hydrogens is 442 g/mol. The van der Waals surface area contributed by atoms with Crippen LogP contribution in [0.3, 0.4) is 0 Å². The Kier molecular flexibility index (Phi) is 4.25. The van der Waals surface area contributed by atoms with Crippen LogP contribution in [-0.2, 0) is 4.79 Å². The molecule has 3 aromatic heterocycles. The normalized spacial score (nSPS) is 19.6. The van der Waals surface area contributed by atoms with Gasteiger partial charge in [-0.1, -0.05) is 61.6 Å². The highest BCUT2D eigenvalue weighted by Crippen LogP contribution is 2.49. The maximum atomic E-state index is 13.7. The molecule has 6 rings (SSSR count). The summed E-state index contributed by atoms with van der Waals surface area (Å²) in [5.41, 5.74) is 1.42. The van der Waals surface area contributed by atoms with Gasteiger partial charge in [-0.05, 0) is 16.9 Å².